The Kier molecular flexibility index (Phi) is 4.83. The third-order valence-electron chi connectivity index (χ3n) is 4.56. The molecule has 5 heteroatoms. The predicted molar refractivity (Wildman–Crippen MR) is 109 cm³/mol. The molecule has 0 unspecified atom stereocenters. The number of rotatable bonds is 5. The maximum Gasteiger partial charge on any atom is 0.292 e. The van der Waals surface area contributed by atoms with Gasteiger partial charge in [-0.15, -0.1) is 0 Å². The third kappa shape index (κ3) is 3.23. The number of aliphatic hydroxyl groups is 1. The number of fused-ring (bicyclic) bond motifs is 1. The topological polar surface area (TPSA) is 71.5 Å². The zero-order valence-corrected chi connectivity index (χ0v) is 15.3. The van der Waals surface area contributed by atoms with E-state index in [2.05, 4.69) is 4.98 Å². The summed E-state index contributed by atoms with van der Waals surface area (Å²) in [5, 5.41) is 10.2. The summed E-state index contributed by atoms with van der Waals surface area (Å²) in [6.07, 6.45) is 0. The average Bonchev–Trinajstić information content (AvgIpc) is 2.75. The van der Waals surface area contributed by atoms with Crippen LogP contribution in [-0.2, 0) is 6.61 Å². The summed E-state index contributed by atoms with van der Waals surface area (Å²) in [7, 11) is 1.52. The lowest BCUT2D eigenvalue weighted by Gasteiger charge is -2.15. The Morgan fingerprint density at radius 3 is 2.43 bits per heavy atom. The SMILES string of the molecule is COc1cc(CO)ccc1Oc1c(-c2ccccc2)c2ccccc2[nH]c1=O. The van der Waals surface area contributed by atoms with Crippen LogP contribution in [0.4, 0.5) is 0 Å². The minimum absolute atomic E-state index is 0.109. The number of benzene rings is 3. The minimum Gasteiger partial charge on any atom is -0.493 e. The molecule has 4 rings (SSSR count). The number of hydrogen-bond acceptors (Lipinski definition) is 4. The van der Waals surface area contributed by atoms with Gasteiger partial charge >= 0.3 is 0 Å². The van der Waals surface area contributed by atoms with Crippen molar-refractivity contribution in [3.63, 3.8) is 0 Å². The lowest BCUT2D eigenvalue weighted by atomic mass is 10.0. The van der Waals surface area contributed by atoms with Gasteiger partial charge in [0.05, 0.1) is 13.7 Å². The van der Waals surface area contributed by atoms with Crippen molar-refractivity contribution in [1.82, 2.24) is 4.98 Å². The fourth-order valence-electron chi connectivity index (χ4n) is 3.22. The van der Waals surface area contributed by atoms with E-state index < -0.39 is 0 Å². The number of para-hydroxylation sites is 1. The van der Waals surface area contributed by atoms with E-state index in [0.29, 0.717) is 22.6 Å². The van der Waals surface area contributed by atoms with Gasteiger partial charge in [0, 0.05) is 16.5 Å². The summed E-state index contributed by atoms with van der Waals surface area (Å²) < 4.78 is 11.5. The molecule has 0 aliphatic carbocycles. The van der Waals surface area contributed by atoms with E-state index in [0.717, 1.165) is 16.5 Å². The fourth-order valence-corrected chi connectivity index (χ4v) is 3.22. The number of H-pyrrole nitrogens is 1. The molecule has 0 saturated heterocycles. The Labute approximate surface area is 161 Å². The van der Waals surface area contributed by atoms with Gasteiger partial charge in [0.1, 0.15) is 0 Å². The van der Waals surface area contributed by atoms with Gasteiger partial charge in [0.15, 0.2) is 11.5 Å². The van der Waals surface area contributed by atoms with Crippen molar-refractivity contribution in [1.29, 1.82) is 0 Å². The lowest BCUT2D eigenvalue weighted by Crippen LogP contribution is -2.11. The maximum absolute atomic E-state index is 12.9. The van der Waals surface area contributed by atoms with Crippen LogP contribution in [0.1, 0.15) is 5.56 Å². The van der Waals surface area contributed by atoms with E-state index in [1.165, 1.54) is 7.11 Å². The van der Waals surface area contributed by atoms with E-state index >= 15 is 0 Å². The molecular weight excluding hydrogens is 354 g/mol. The van der Waals surface area contributed by atoms with E-state index in [4.69, 9.17) is 9.47 Å². The number of pyridine rings is 1. The van der Waals surface area contributed by atoms with Crippen LogP contribution in [0.25, 0.3) is 22.0 Å². The zero-order valence-electron chi connectivity index (χ0n) is 15.3. The molecule has 0 aliphatic rings. The normalized spacial score (nSPS) is 10.8. The molecule has 0 atom stereocenters. The Hall–Kier alpha value is -3.57. The third-order valence-corrected chi connectivity index (χ3v) is 4.56. The number of aliphatic hydroxyl groups excluding tert-OH is 1. The van der Waals surface area contributed by atoms with Crippen molar-refractivity contribution in [3.05, 3.63) is 88.7 Å². The number of nitrogens with one attached hydrogen (secondary N) is 1. The van der Waals surface area contributed by atoms with Crippen molar-refractivity contribution < 1.29 is 14.6 Å². The number of ether oxygens (including phenoxy) is 2. The first-order valence-electron chi connectivity index (χ1n) is 8.87. The summed E-state index contributed by atoms with van der Waals surface area (Å²) in [5.41, 5.74) is 2.70. The van der Waals surface area contributed by atoms with Crippen LogP contribution in [0.2, 0.25) is 0 Å². The van der Waals surface area contributed by atoms with E-state index in [1.807, 2.05) is 54.6 Å². The molecule has 28 heavy (non-hydrogen) atoms. The van der Waals surface area contributed by atoms with Gasteiger partial charge < -0.3 is 19.6 Å². The second kappa shape index (κ2) is 7.58. The fraction of sp³-hybridized carbons (Fsp3) is 0.0870. The van der Waals surface area contributed by atoms with Gasteiger partial charge in [0.25, 0.3) is 5.56 Å². The van der Waals surface area contributed by atoms with Crippen LogP contribution in [0.3, 0.4) is 0 Å². The Balaban J connectivity index is 1.95. The molecule has 3 aromatic carbocycles. The molecule has 140 valence electrons. The molecule has 0 aliphatic heterocycles. The quantitative estimate of drug-likeness (QED) is 0.541. The van der Waals surface area contributed by atoms with Gasteiger partial charge in [-0.1, -0.05) is 54.6 Å². The molecular formula is C23H19NO4. The molecule has 0 saturated carbocycles. The standard InChI is InChI=1S/C23H19NO4/c1-27-20-13-15(14-25)11-12-19(20)28-22-21(16-7-3-2-4-8-16)17-9-5-6-10-18(17)24-23(22)26/h2-13,25H,14H2,1H3,(H,24,26). The lowest BCUT2D eigenvalue weighted by molar-refractivity contribution is 0.280. The first-order valence-corrected chi connectivity index (χ1v) is 8.87. The van der Waals surface area contributed by atoms with Crippen LogP contribution in [-0.4, -0.2) is 17.2 Å². The van der Waals surface area contributed by atoms with Gasteiger partial charge in [-0.05, 0) is 29.3 Å². The van der Waals surface area contributed by atoms with Gasteiger partial charge in [-0.25, -0.2) is 0 Å². The smallest absolute Gasteiger partial charge is 0.292 e. The first kappa shape index (κ1) is 17.8. The highest BCUT2D eigenvalue weighted by Crippen LogP contribution is 2.38. The molecule has 5 nitrogen and oxygen atoms in total. The second-order valence-electron chi connectivity index (χ2n) is 6.32. The van der Waals surface area contributed by atoms with Crippen LogP contribution < -0.4 is 15.0 Å². The van der Waals surface area contributed by atoms with Crippen molar-refractivity contribution in [2.75, 3.05) is 7.11 Å². The van der Waals surface area contributed by atoms with Crippen molar-refractivity contribution >= 4 is 10.9 Å². The summed E-state index contributed by atoms with van der Waals surface area (Å²) >= 11 is 0. The minimum atomic E-state index is -0.328. The molecule has 0 bridgehead atoms. The van der Waals surface area contributed by atoms with Crippen molar-refractivity contribution in [2.24, 2.45) is 0 Å². The highest BCUT2D eigenvalue weighted by atomic mass is 16.5. The highest BCUT2D eigenvalue weighted by molar-refractivity contribution is 5.97. The zero-order chi connectivity index (χ0) is 19.5. The Bertz CT molecular complexity index is 1180. The summed E-state index contributed by atoms with van der Waals surface area (Å²) in [6, 6.07) is 22.4. The number of aromatic amines is 1. The van der Waals surface area contributed by atoms with Crippen LogP contribution in [0.5, 0.6) is 17.2 Å². The summed E-state index contributed by atoms with van der Waals surface area (Å²) in [6.45, 7) is -0.109. The number of methoxy groups -OCH3 is 1. The van der Waals surface area contributed by atoms with E-state index in [9.17, 15) is 9.90 Å². The number of aromatic nitrogens is 1. The molecule has 0 fully saturated rings. The Morgan fingerprint density at radius 2 is 1.68 bits per heavy atom. The van der Waals surface area contributed by atoms with Crippen LogP contribution in [0, 0.1) is 0 Å². The molecule has 4 aromatic rings. The van der Waals surface area contributed by atoms with Crippen LogP contribution in [0.15, 0.2) is 77.6 Å². The largest absolute Gasteiger partial charge is 0.493 e. The monoisotopic (exact) mass is 373 g/mol. The molecule has 0 radical (unpaired) electrons. The maximum atomic E-state index is 12.9. The molecule has 1 aromatic heterocycles. The molecule has 0 amide bonds. The van der Waals surface area contributed by atoms with E-state index in [-0.39, 0.29) is 17.9 Å². The van der Waals surface area contributed by atoms with Crippen molar-refractivity contribution in [3.8, 4) is 28.4 Å². The number of hydrogen-bond donors (Lipinski definition) is 2. The van der Waals surface area contributed by atoms with Crippen molar-refractivity contribution in [2.45, 2.75) is 6.61 Å². The Morgan fingerprint density at radius 1 is 0.929 bits per heavy atom. The molecule has 2 N–H and O–H groups in total. The molecule has 1 heterocycles. The summed E-state index contributed by atoms with van der Waals surface area (Å²) in [5.74, 6) is 1.04. The average molecular weight is 373 g/mol. The van der Waals surface area contributed by atoms with Gasteiger partial charge in [0.2, 0.25) is 5.75 Å². The van der Waals surface area contributed by atoms with Gasteiger partial charge in [-0.2, -0.15) is 0 Å². The van der Waals surface area contributed by atoms with E-state index in [1.54, 1.807) is 18.2 Å². The first-order chi connectivity index (χ1) is 13.7. The predicted octanol–water partition coefficient (Wildman–Crippen LogP) is 4.49. The summed E-state index contributed by atoms with van der Waals surface area (Å²) in [4.78, 5) is 15.8. The molecule has 0 spiro atoms. The van der Waals surface area contributed by atoms with Gasteiger partial charge in [-0.3, -0.25) is 4.79 Å². The highest BCUT2D eigenvalue weighted by Gasteiger charge is 2.18. The van der Waals surface area contributed by atoms with Crippen LogP contribution >= 0.6 is 0 Å². The second-order valence-corrected chi connectivity index (χ2v) is 6.32.